The lowest BCUT2D eigenvalue weighted by molar-refractivity contribution is 0.373. The second-order valence-corrected chi connectivity index (χ2v) is 7.28. The van der Waals surface area contributed by atoms with Gasteiger partial charge in [-0.3, -0.25) is 4.79 Å². The number of rotatable bonds is 3. The van der Waals surface area contributed by atoms with Crippen LogP contribution in [0.2, 0.25) is 0 Å². The maximum atomic E-state index is 12.3. The fraction of sp³-hybridized carbons (Fsp3) is 0.286. The molecule has 5 rings (SSSR count). The quantitative estimate of drug-likeness (QED) is 0.525. The molecule has 1 atom stereocenters. The topological polar surface area (TPSA) is 86.5 Å². The number of piperidine rings is 1. The molecule has 27 heavy (non-hydrogen) atoms. The van der Waals surface area contributed by atoms with Gasteiger partial charge in [0.1, 0.15) is 5.65 Å². The van der Waals surface area contributed by atoms with Crippen LogP contribution in [0.3, 0.4) is 0 Å². The highest BCUT2D eigenvalue weighted by atomic mass is 16.1. The molecule has 6 nitrogen and oxygen atoms in total. The van der Waals surface area contributed by atoms with E-state index >= 15 is 0 Å². The summed E-state index contributed by atoms with van der Waals surface area (Å²) in [6, 6.07) is 10.00. The van der Waals surface area contributed by atoms with Crippen LogP contribution in [0.5, 0.6) is 0 Å². The van der Waals surface area contributed by atoms with E-state index in [1.165, 1.54) is 12.8 Å². The molecule has 1 fully saturated rings. The maximum Gasteiger partial charge on any atom is 0.272 e. The van der Waals surface area contributed by atoms with E-state index in [2.05, 4.69) is 37.6 Å². The summed E-state index contributed by atoms with van der Waals surface area (Å²) in [6.07, 6.45) is 7.02. The molecule has 0 aliphatic carbocycles. The number of nitrogens with one attached hydrogen (secondary N) is 3. The highest BCUT2D eigenvalue weighted by Crippen LogP contribution is 2.30. The molecule has 3 aromatic heterocycles. The van der Waals surface area contributed by atoms with Crippen LogP contribution in [0.25, 0.3) is 32.9 Å². The highest BCUT2D eigenvalue weighted by molar-refractivity contribution is 5.97. The van der Waals surface area contributed by atoms with Crippen LogP contribution in [0, 0.1) is 5.92 Å². The normalized spacial score (nSPS) is 17.6. The summed E-state index contributed by atoms with van der Waals surface area (Å²) in [6.45, 7) is 2.10. The standard InChI is InChI=1S/C21H21N5O/c27-21-16-6-5-14(18-12-24-20-15(18)4-2-8-23-20)10-17(16)19(25-26-21)9-13-3-1-7-22-11-13/h2,4-6,8,10,12-13,22H,1,3,7,9,11H2,(H,23,24)(H,26,27). The maximum absolute atomic E-state index is 12.3. The Morgan fingerprint density at radius 2 is 2.11 bits per heavy atom. The lowest BCUT2D eigenvalue weighted by atomic mass is 9.92. The number of H-pyrrole nitrogens is 2. The number of fused-ring (bicyclic) bond motifs is 2. The first kappa shape index (κ1) is 16.2. The molecule has 0 radical (unpaired) electrons. The molecule has 6 heteroatoms. The minimum absolute atomic E-state index is 0.136. The molecule has 136 valence electrons. The first-order valence-electron chi connectivity index (χ1n) is 9.44. The Hall–Kier alpha value is -2.99. The van der Waals surface area contributed by atoms with Crippen molar-refractivity contribution in [3.8, 4) is 11.1 Å². The van der Waals surface area contributed by atoms with E-state index in [0.29, 0.717) is 11.3 Å². The van der Waals surface area contributed by atoms with E-state index in [1.54, 1.807) is 6.20 Å². The van der Waals surface area contributed by atoms with Gasteiger partial charge in [0.2, 0.25) is 0 Å². The molecule has 0 spiro atoms. The van der Waals surface area contributed by atoms with Gasteiger partial charge in [0, 0.05) is 28.7 Å². The smallest absolute Gasteiger partial charge is 0.272 e. The molecule has 0 bridgehead atoms. The average Bonchev–Trinajstić information content (AvgIpc) is 3.15. The SMILES string of the molecule is O=c1[nH]nc(CC2CCCNC2)c2cc(-c3c[nH]c4ncccc34)ccc12. The van der Waals surface area contributed by atoms with Crippen molar-refractivity contribution in [2.75, 3.05) is 13.1 Å². The molecule has 0 amide bonds. The summed E-state index contributed by atoms with van der Waals surface area (Å²) in [5, 5.41) is 13.3. The van der Waals surface area contributed by atoms with Gasteiger partial charge in [-0.2, -0.15) is 5.10 Å². The van der Waals surface area contributed by atoms with Gasteiger partial charge in [0.05, 0.1) is 11.1 Å². The lowest BCUT2D eigenvalue weighted by Crippen LogP contribution is -2.31. The molecule has 1 unspecified atom stereocenters. The number of benzene rings is 1. The van der Waals surface area contributed by atoms with Crippen molar-refractivity contribution in [2.24, 2.45) is 5.92 Å². The van der Waals surface area contributed by atoms with Gasteiger partial charge in [-0.1, -0.05) is 6.07 Å². The third kappa shape index (κ3) is 2.92. The third-order valence-corrected chi connectivity index (χ3v) is 5.51. The Morgan fingerprint density at radius 3 is 3.00 bits per heavy atom. The van der Waals surface area contributed by atoms with Crippen molar-refractivity contribution in [3.63, 3.8) is 0 Å². The molecule has 1 aliphatic heterocycles. The van der Waals surface area contributed by atoms with Crippen molar-refractivity contribution in [1.82, 2.24) is 25.5 Å². The van der Waals surface area contributed by atoms with Crippen molar-refractivity contribution < 1.29 is 0 Å². The van der Waals surface area contributed by atoms with E-state index in [4.69, 9.17) is 0 Å². The van der Waals surface area contributed by atoms with Gasteiger partial charge < -0.3 is 10.3 Å². The minimum atomic E-state index is -0.136. The number of nitrogens with zero attached hydrogens (tertiary/aromatic N) is 2. The first-order valence-corrected chi connectivity index (χ1v) is 9.44. The summed E-state index contributed by atoms with van der Waals surface area (Å²) in [5.74, 6) is 0.557. The van der Waals surface area contributed by atoms with Crippen LogP contribution in [-0.2, 0) is 6.42 Å². The summed E-state index contributed by atoms with van der Waals surface area (Å²) in [5.41, 5.74) is 3.86. The van der Waals surface area contributed by atoms with Crippen molar-refractivity contribution in [3.05, 3.63) is 58.8 Å². The molecular weight excluding hydrogens is 338 g/mol. The Bertz CT molecular complexity index is 1170. The fourth-order valence-electron chi connectivity index (χ4n) is 4.11. The predicted octanol–water partition coefficient (Wildman–Crippen LogP) is 3.01. The molecule has 4 aromatic rings. The van der Waals surface area contributed by atoms with Crippen LogP contribution in [0.1, 0.15) is 18.5 Å². The molecule has 4 heterocycles. The molecule has 0 saturated carbocycles. The summed E-state index contributed by atoms with van der Waals surface area (Å²) >= 11 is 0. The molecular formula is C21H21N5O. The zero-order valence-corrected chi connectivity index (χ0v) is 15.0. The van der Waals surface area contributed by atoms with Crippen molar-refractivity contribution in [2.45, 2.75) is 19.3 Å². The van der Waals surface area contributed by atoms with E-state index in [0.717, 1.165) is 52.8 Å². The summed E-state index contributed by atoms with van der Waals surface area (Å²) in [4.78, 5) is 19.9. The largest absolute Gasteiger partial charge is 0.346 e. The Morgan fingerprint density at radius 1 is 1.15 bits per heavy atom. The van der Waals surface area contributed by atoms with E-state index < -0.39 is 0 Å². The van der Waals surface area contributed by atoms with E-state index in [-0.39, 0.29) is 5.56 Å². The number of hydrogen-bond acceptors (Lipinski definition) is 4. The van der Waals surface area contributed by atoms with E-state index in [9.17, 15) is 4.79 Å². The van der Waals surface area contributed by atoms with Crippen molar-refractivity contribution in [1.29, 1.82) is 0 Å². The van der Waals surface area contributed by atoms with Gasteiger partial charge in [0.15, 0.2) is 0 Å². The average molecular weight is 359 g/mol. The van der Waals surface area contributed by atoms with Gasteiger partial charge >= 0.3 is 0 Å². The lowest BCUT2D eigenvalue weighted by Gasteiger charge is -2.22. The van der Waals surface area contributed by atoms with Gasteiger partial charge in [-0.25, -0.2) is 10.1 Å². The predicted molar refractivity (Wildman–Crippen MR) is 107 cm³/mol. The number of aromatic amines is 2. The minimum Gasteiger partial charge on any atom is -0.346 e. The zero-order valence-electron chi connectivity index (χ0n) is 15.0. The van der Waals surface area contributed by atoms with Gasteiger partial charge in [0.25, 0.3) is 5.56 Å². The number of hydrogen-bond donors (Lipinski definition) is 3. The molecule has 1 aromatic carbocycles. The summed E-state index contributed by atoms with van der Waals surface area (Å²) in [7, 11) is 0. The third-order valence-electron chi connectivity index (χ3n) is 5.51. The molecule has 1 saturated heterocycles. The Kier molecular flexibility index (Phi) is 3.98. The molecule has 3 N–H and O–H groups in total. The second-order valence-electron chi connectivity index (χ2n) is 7.28. The monoisotopic (exact) mass is 359 g/mol. The highest BCUT2D eigenvalue weighted by Gasteiger charge is 2.17. The van der Waals surface area contributed by atoms with E-state index in [1.807, 2.05) is 24.4 Å². The van der Waals surface area contributed by atoms with Crippen LogP contribution >= 0.6 is 0 Å². The first-order chi connectivity index (χ1) is 13.3. The van der Waals surface area contributed by atoms with Crippen LogP contribution in [0.4, 0.5) is 0 Å². The van der Waals surface area contributed by atoms with Gasteiger partial charge in [-0.15, -0.1) is 0 Å². The second kappa shape index (κ2) is 6.63. The number of pyridine rings is 1. The summed E-state index contributed by atoms with van der Waals surface area (Å²) < 4.78 is 0. The van der Waals surface area contributed by atoms with Crippen LogP contribution in [0.15, 0.2) is 47.5 Å². The number of aromatic nitrogens is 4. The fourth-order valence-corrected chi connectivity index (χ4v) is 4.11. The van der Waals surface area contributed by atoms with Crippen LogP contribution in [-0.4, -0.2) is 33.3 Å². The van der Waals surface area contributed by atoms with Crippen molar-refractivity contribution >= 4 is 21.8 Å². The van der Waals surface area contributed by atoms with Crippen LogP contribution < -0.4 is 10.9 Å². The Labute approximate surface area is 156 Å². The molecule has 1 aliphatic rings. The zero-order chi connectivity index (χ0) is 18.2. The Balaban J connectivity index is 1.63. The van der Waals surface area contributed by atoms with Gasteiger partial charge in [-0.05, 0) is 68.1 Å².